The van der Waals surface area contributed by atoms with E-state index in [0.717, 1.165) is 30.2 Å². The lowest BCUT2D eigenvalue weighted by Gasteiger charge is -2.11. The van der Waals surface area contributed by atoms with Crippen molar-refractivity contribution >= 4 is 35.0 Å². The summed E-state index contributed by atoms with van der Waals surface area (Å²) in [4.78, 5) is 37.3. The maximum atomic E-state index is 12.5. The van der Waals surface area contributed by atoms with Gasteiger partial charge in [-0.05, 0) is 48.0 Å². The van der Waals surface area contributed by atoms with Crippen LogP contribution in [-0.2, 0) is 11.4 Å². The number of thioether (sulfide) groups is 1. The van der Waals surface area contributed by atoms with E-state index >= 15 is 0 Å². The van der Waals surface area contributed by atoms with Gasteiger partial charge in [-0.3, -0.25) is 14.5 Å². The van der Waals surface area contributed by atoms with E-state index in [9.17, 15) is 14.4 Å². The van der Waals surface area contributed by atoms with Gasteiger partial charge in [-0.25, -0.2) is 4.79 Å². The van der Waals surface area contributed by atoms with Crippen LogP contribution in [0.4, 0.5) is 4.79 Å². The van der Waals surface area contributed by atoms with Crippen molar-refractivity contribution < 1.29 is 24.2 Å². The number of para-hydroxylation sites is 1. The second kappa shape index (κ2) is 9.43. The van der Waals surface area contributed by atoms with Crippen LogP contribution in [-0.4, -0.2) is 33.7 Å². The molecule has 2 aromatic rings. The number of hydrogen-bond donors (Lipinski definition) is 1. The van der Waals surface area contributed by atoms with Crippen molar-refractivity contribution in [2.45, 2.75) is 26.4 Å². The number of hydrogen-bond acceptors (Lipinski definition) is 5. The van der Waals surface area contributed by atoms with Crippen LogP contribution in [0.25, 0.3) is 6.08 Å². The van der Waals surface area contributed by atoms with Crippen LogP contribution >= 0.6 is 11.8 Å². The van der Waals surface area contributed by atoms with Gasteiger partial charge >= 0.3 is 5.97 Å². The lowest BCUT2D eigenvalue weighted by atomic mass is 10.1. The third-order valence-corrected chi connectivity index (χ3v) is 5.32. The topological polar surface area (TPSA) is 83.9 Å². The minimum atomic E-state index is -0.976. The summed E-state index contributed by atoms with van der Waals surface area (Å²) in [6.07, 6.45) is 3.37. The summed E-state index contributed by atoms with van der Waals surface area (Å²) in [5, 5.41) is 8.72. The number of benzene rings is 2. The zero-order valence-corrected chi connectivity index (χ0v) is 16.8. The highest BCUT2D eigenvalue weighted by Gasteiger charge is 2.34. The standard InChI is InChI=1S/C22H21NO5S/c1-2-3-12-23-20(24)19(29-22(23)27)13-17-6-4-5-7-18(17)28-14-15-8-10-16(11-9-15)21(25)26/h4-11,13H,2-3,12,14H2,1H3,(H,25,26)/b19-13-. The fraction of sp³-hybridized carbons (Fsp3) is 0.227. The summed E-state index contributed by atoms with van der Waals surface area (Å²) in [5.41, 5.74) is 1.74. The molecule has 1 heterocycles. The number of unbranched alkanes of at least 4 members (excludes halogenated alkanes) is 1. The average molecular weight is 411 g/mol. The molecule has 0 aliphatic carbocycles. The highest BCUT2D eigenvalue weighted by Crippen LogP contribution is 2.34. The van der Waals surface area contributed by atoms with E-state index in [-0.39, 0.29) is 23.3 Å². The van der Waals surface area contributed by atoms with Crippen LogP contribution in [0.1, 0.15) is 41.3 Å². The van der Waals surface area contributed by atoms with Crippen molar-refractivity contribution in [2.75, 3.05) is 6.54 Å². The van der Waals surface area contributed by atoms with Crippen molar-refractivity contribution in [3.8, 4) is 5.75 Å². The SMILES string of the molecule is CCCCN1C(=O)S/C(=C\c2ccccc2OCc2ccc(C(=O)O)cc2)C1=O. The molecule has 0 atom stereocenters. The molecule has 1 fully saturated rings. The monoisotopic (exact) mass is 411 g/mol. The summed E-state index contributed by atoms with van der Waals surface area (Å²) in [7, 11) is 0. The Bertz CT molecular complexity index is 952. The zero-order chi connectivity index (χ0) is 20.8. The number of aromatic carboxylic acids is 1. The third kappa shape index (κ3) is 5.06. The average Bonchev–Trinajstić information content (AvgIpc) is 2.98. The summed E-state index contributed by atoms with van der Waals surface area (Å²) < 4.78 is 5.88. The molecule has 0 bridgehead atoms. The first-order valence-electron chi connectivity index (χ1n) is 9.29. The van der Waals surface area contributed by atoms with Crippen molar-refractivity contribution in [1.82, 2.24) is 4.90 Å². The number of nitrogens with zero attached hydrogens (tertiary/aromatic N) is 1. The Morgan fingerprint density at radius 1 is 1.14 bits per heavy atom. The molecule has 2 aromatic carbocycles. The molecule has 0 aromatic heterocycles. The van der Waals surface area contributed by atoms with Crippen LogP contribution < -0.4 is 4.74 Å². The maximum Gasteiger partial charge on any atom is 0.335 e. The molecule has 2 amide bonds. The minimum Gasteiger partial charge on any atom is -0.488 e. The molecular weight excluding hydrogens is 390 g/mol. The molecule has 1 aliphatic heterocycles. The number of carboxylic acid groups (broad SMARTS) is 1. The van der Waals surface area contributed by atoms with E-state index in [2.05, 4.69) is 0 Å². The van der Waals surface area contributed by atoms with E-state index in [1.165, 1.54) is 17.0 Å². The fourth-order valence-corrected chi connectivity index (χ4v) is 3.64. The summed E-state index contributed by atoms with van der Waals surface area (Å²) in [6.45, 7) is 2.70. The Hall–Kier alpha value is -3.06. The van der Waals surface area contributed by atoms with E-state index in [1.54, 1.807) is 24.3 Å². The number of carbonyl (C=O) groups is 3. The van der Waals surface area contributed by atoms with Gasteiger partial charge in [0.15, 0.2) is 0 Å². The van der Waals surface area contributed by atoms with E-state index < -0.39 is 5.97 Å². The molecule has 6 nitrogen and oxygen atoms in total. The Morgan fingerprint density at radius 3 is 2.55 bits per heavy atom. The zero-order valence-electron chi connectivity index (χ0n) is 16.0. The van der Waals surface area contributed by atoms with Gasteiger partial charge in [0.2, 0.25) is 0 Å². The molecule has 150 valence electrons. The molecule has 1 N–H and O–H groups in total. The predicted octanol–water partition coefficient (Wildman–Crippen LogP) is 4.80. The van der Waals surface area contributed by atoms with Crippen LogP contribution in [0.2, 0.25) is 0 Å². The molecule has 0 spiro atoms. The predicted molar refractivity (Wildman–Crippen MR) is 112 cm³/mol. The van der Waals surface area contributed by atoms with Crippen LogP contribution in [0, 0.1) is 0 Å². The number of carbonyl (C=O) groups excluding carboxylic acids is 2. The van der Waals surface area contributed by atoms with Crippen LogP contribution in [0.15, 0.2) is 53.4 Å². The quantitative estimate of drug-likeness (QED) is 0.628. The molecular formula is C22H21NO5S. The van der Waals surface area contributed by atoms with E-state index in [0.29, 0.717) is 22.8 Å². The van der Waals surface area contributed by atoms with Crippen molar-refractivity contribution in [3.05, 3.63) is 70.1 Å². The van der Waals surface area contributed by atoms with Gasteiger partial charge in [0.1, 0.15) is 12.4 Å². The van der Waals surface area contributed by atoms with E-state index in [4.69, 9.17) is 9.84 Å². The highest BCUT2D eigenvalue weighted by molar-refractivity contribution is 8.18. The fourth-order valence-electron chi connectivity index (χ4n) is 2.79. The molecule has 3 rings (SSSR count). The normalized spacial score (nSPS) is 15.2. The summed E-state index contributed by atoms with van der Waals surface area (Å²) >= 11 is 0.942. The van der Waals surface area contributed by atoms with Crippen molar-refractivity contribution in [1.29, 1.82) is 0 Å². The molecule has 0 radical (unpaired) electrons. The van der Waals surface area contributed by atoms with Crippen molar-refractivity contribution in [3.63, 3.8) is 0 Å². The van der Waals surface area contributed by atoms with Gasteiger partial charge in [0, 0.05) is 12.1 Å². The van der Waals surface area contributed by atoms with Gasteiger partial charge in [-0.15, -0.1) is 0 Å². The van der Waals surface area contributed by atoms with Gasteiger partial charge in [-0.1, -0.05) is 43.7 Å². The first-order chi connectivity index (χ1) is 14.0. The van der Waals surface area contributed by atoms with Crippen LogP contribution in [0.3, 0.4) is 0 Å². The number of amides is 2. The number of ether oxygens (including phenoxy) is 1. The van der Waals surface area contributed by atoms with Gasteiger partial charge in [-0.2, -0.15) is 0 Å². The minimum absolute atomic E-state index is 0.216. The summed E-state index contributed by atoms with van der Waals surface area (Å²) in [6, 6.07) is 13.7. The lowest BCUT2D eigenvalue weighted by molar-refractivity contribution is -0.122. The smallest absolute Gasteiger partial charge is 0.335 e. The second-order valence-corrected chi connectivity index (χ2v) is 7.51. The molecule has 1 saturated heterocycles. The first-order valence-corrected chi connectivity index (χ1v) is 10.1. The third-order valence-electron chi connectivity index (χ3n) is 4.41. The molecule has 29 heavy (non-hydrogen) atoms. The Labute approximate surface area is 173 Å². The Morgan fingerprint density at radius 2 is 1.86 bits per heavy atom. The van der Waals surface area contributed by atoms with Crippen LogP contribution in [0.5, 0.6) is 5.75 Å². The number of imide groups is 1. The lowest BCUT2D eigenvalue weighted by Crippen LogP contribution is -2.29. The van der Waals surface area contributed by atoms with E-state index in [1.807, 2.05) is 25.1 Å². The highest BCUT2D eigenvalue weighted by atomic mass is 32.2. The largest absolute Gasteiger partial charge is 0.488 e. The summed E-state index contributed by atoms with van der Waals surface area (Å²) in [5.74, 6) is -0.668. The molecule has 1 aliphatic rings. The van der Waals surface area contributed by atoms with Gasteiger partial charge in [0.25, 0.3) is 11.1 Å². The number of carboxylic acids is 1. The Balaban J connectivity index is 1.73. The van der Waals surface area contributed by atoms with Gasteiger partial charge < -0.3 is 9.84 Å². The van der Waals surface area contributed by atoms with Crippen molar-refractivity contribution in [2.24, 2.45) is 0 Å². The molecule has 7 heteroatoms. The molecule has 0 saturated carbocycles. The molecule has 0 unspecified atom stereocenters. The Kier molecular flexibility index (Phi) is 6.72. The second-order valence-electron chi connectivity index (χ2n) is 6.52. The van der Waals surface area contributed by atoms with Gasteiger partial charge in [0.05, 0.1) is 10.5 Å². The number of rotatable bonds is 8. The maximum absolute atomic E-state index is 12.5. The first kappa shape index (κ1) is 20.7.